The van der Waals surface area contributed by atoms with Crippen molar-refractivity contribution in [3.05, 3.63) is 89.9 Å². The molecule has 0 spiro atoms. The Labute approximate surface area is 201 Å². The van der Waals surface area contributed by atoms with Gasteiger partial charge in [0, 0.05) is 17.7 Å². The van der Waals surface area contributed by atoms with E-state index < -0.39 is 21.8 Å². The standard InChI is InChI=1S/C25H22FN3O5S/c1-34-21-12-9-18(15-20(21)26)22-23(17-7-10-19(11-8-17)35(27,32)33)28-29(24(22)25(30)31)14-13-16-5-3-2-4-6-16/h2-12,15H,13-14H2,1H3,(H,30,31)(H2,27,32,33)/p-1. The molecule has 35 heavy (non-hydrogen) atoms. The van der Waals surface area contributed by atoms with E-state index in [-0.39, 0.29) is 39.7 Å². The lowest BCUT2D eigenvalue weighted by Crippen LogP contribution is -2.27. The van der Waals surface area contributed by atoms with Crippen LogP contribution in [0.4, 0.5) is 4.39 Å². The number of methoxy groups -OCH3 is 1. The molecule has 180 valence electrons. The van der Waals surface area contributed by atoms with Crippen molar-refractivity contribution in [3.8, 4) is 28.1 Å². The van der Waals surface area contributed by atoms with E-state index >= 15 is 0 Å². The first kappa shape index (κ1) is 24.1. The third-order valence-corrected chi connectivity index (χ3v) is 6.43. The van der Waals surface area contributed by atoms with Gasteiger partial charge in [-0.25, -0.2) is 17.9 Å². The Morgan fingerprint density at radius 2 is 1.71 bits per heavy atom. The van der Waals surface area contributed by atoms with Crippen LogP contribution in [-0.4, -0.2) is 31.3 Å². The minimum Gasteiger partial charge on any atom is -0.543 e. The predicted molar refractivity (Wildman–Crippen MR) is 125 cm³/mol. The van der Waals surface area contributed by atoms with Crippen LogP contribution in [0.3, 0.4) is 0 Å². The lowest BCUT2D eigenvalue weighted by molar-refractivity contribution is -0.255. The van der Waals surface area contributed by atoms with E-state index in [0.29, 0.717) is 12.0 Å². The molecule has 1 aromatic heterocycles. The summed E-state index contributed by atoms with van der Waals surface area (Å²) in [6, 6.07) is 19.0. The third kappa shape index (κ3) is 5.08. The second-order valence-corrected chi connectivity index (χ2v) is 9.30. The number of nitrogens with zero attached hydrogens (tertiary/aromatic N) is 2. The molecule has 4 rings (SSSR count). The van der Waals surface area contributed by atoms with Crippen molar-refractivity contribution < 1.29 is 27.4 Å². The first-order chi connectivity index (χ1) is 16.7. The number of carbonyl (C=O) groups excluding carboxylic acids is 1. The average Bonchev–Trinajstić information content (AvgIpc) is 3.23. The zero-order valence-electron chi connectivity index (χ0n) is 18.6. The molecule has 2 N–H and O–H groups in total. The number of carboxylic acids is 1. The summed E-state index contributed by atoms with van der Waals surface area (Å²) < 4.78 is 44.2. The molecule has 10 heteroatoms. The molecule has 0 atom stereocenters. The number of nitrogens with two attached hydrogens (primary N) is 1. The Morgan fingerprint density at radius 3 is 2.29 bits per heavy atom. The minimum absolute atomic E-state index is 0.000672. The summed E-state index contributed by atoms with van der Waals surface area (Å²) in [4.78, 5) is 12.2. The highest BCUT2D eigenvalue weighted by molar-refractivity contribution is 7.89. The number of aromatic nitrogens is 2. The van der Waals surface area contributed by atoms with Crippen molar-refractivity contribution in [1.29, 1.82) is 0 Å². The Kier molecular flexibility index (Phi) is 6.68. The van der Waals surface area contributed by atoms with E-state index in [1.165, 1.54) is 48.2 Å². The molecule has 0 amide bonds. The number of primary sulfonamides is 1. The second-order valence-electron chi connectivity index (χ2n) is 7.74. The van der Waals surface area contributed by atoms with Gasteiger partial charge in [0.1, 0.15) is 5.69 Å². The number of hydrogen-bond donors (Lipinski definition) is 1. The second kappa shape index (κ2) is 9.69. The van der Waals surface area contributed by atoms with E-state index in [1.54, 1.807) is 0 Å². The summed E-state index contributed by atoms with van der Waals surface area (Å²) in [5.74, 6) is -2.16. The average molecular weight is 495 g/mol. The van der Waals surface area contributed by atoms with Crippen LogP contribution in [0.15, 0.2) is 77.7 Å². The van der Waals surface area contributed by atoms with Gasteiger partial charge in [0.05, 0.1) is 23.7 Å². The van der Waals surface area contributed by atoms with Crippen molar-refractivity contribution in [2.45, 2.75) is 17.9 Å². The maximum Gasteiger partial charge on any atom is 0.238 e. The van der Waals surface area contributed by atoms with Crippen LogP contribution in [0.5, 0.6) is 5.75 Å². The highest BCUT2D eigenvalue weighted by atomic mass is 32.2. The molecular weight excluding hydrogens is 473 g/mol. The van der Waals surface area contributed by atoms with Gasteiger partial charge in [0.25, 0.3) is 0 Å². The molecule has 0 unspecified atom stereocenters. The fourth-order valence-corrected chi connectivity index (χ4v) is 4.33. The number of benzene rings is 3. The van der Waals surface area contributed by atoms with Gasteiger partial charge in [-0.3, -0.25) is 4.68 Å². The fourth-order valence-electron chi connectivity index (χ4n) is 3.81. The van der Waals surface area contributed by atoms with Gasteiger partial charge < -0.3 is 14.6 Å². The smallest absolute Gasteiger partial charge is 0.238 e. The van der Waals surface area contributed by atoms with Crippen LogP contribution in [0.2, 0.25) is 0 Å². The van der Waals surface area contributed by atoms with Crippen molar-refractivity contribution in [2.24, 2.45) is 5.14 Å². The number of halogens is 1. The number of sulfonamides is 1. The molecule has 4 aromatic rings. The molecular formula is C25H21FN3O5S-. The predicted octanol–water partition coefficient (Wildman–Crippen LogP) is 2.62. The highest BCUT2D eigenvalue weighted by Crippen LogP contribution is 2.36. The van der Waals surface area contributed by atoms with Gasteiger partial charge in [-0.2, -0.15) is 5.10 Å². The Balaban J connectivity index is 1.89. The molecule has 0 fully saturated rings. The number of aromatic carboxylic acids is 1. The summed E-state index contributed by atoms with van der Waals surface area (Å²) in [6.45, 7) is 0.216. The molecule has 0 radical (unpaired) electrons. The number of carboxylic acid groups (broad SMARTS) is 1. The van der Waals surface area contributed by atoms with E-state index in [4.69, 9.17) is 9.88 Å². The molecule has 0 saturated heterocycles. The maximum absolute atomic E-state index is 14.6. The quantitative estimate of drug-likeness (QED) is 0.401. The van der Waals surface area contributed by atoms with Crippen molar-refractivity contribution >= 4 is 16.0 Å². The summed E-state index contributed by atoms with van der Waals surface area (Å²) >= 11 is 0. The van der Waals surface area contributed by atoms with E-state index in [9.17, 15) is 22.7 Å². The SMILES string of the molecule is COc1ccc(-c2c(-c3ccc(S(N)(=O)=O)cc3)nn(CCc3ccccc3)c2C(=O)[O-])cc1F. The van der Waals surface area contributed by atoms with E-state index in [2.05, 4.69) is 5.10 Å². The summed E-state index contributed by atoms with van der Waals surface area (Å²) in [5, 5.41) is 22.0. The van der Waals surface area contributed by atoms with Crippen LogP contribution in [0.1, 0.15) is 16.1 Å². The normalized spacial score (nSPS) is 11.4. The lowest BCUT2D eigenvalue weighted by atomic mass is 9.98. The van der Waals surface area contributed by atoms with Gasteiger partial charge in [0.15, 0.2) is 11.6 Å². The maximum atomic E-state index is 14.6. The van der Waals surface area contributed by atoms with Gasteiger partial charge in [0.2, 0.25) is 10.0 Å². The summed E-state index contributed by atoms with van der Waals surface area (Å²) in [5.41, 5.74) is 1.79. The molecule has 0 aliphatic rings. The van der Waals surface area contributed by atoms with Crippen molar-refractivity contribution in [3.63, 3.8) is 0 Å². The largest absolute Gasteiger partial charge is 0.543 e. The summed E-state index contributed by atoms with van der Waals surface area (Å²) in [6.07, 6.45) is 0.489. The van der Waals surface area contributed by atoms with E-state index in [1.807, 2.05) is 30.3 Å². The van der Waals surface area contributed by atoms with Gasteiger partial charge >= 0.3 is 0 Å². The molecule has 1 heterocycles. The minimum atomic E-state index is -3.93. The Bertz CT molecular complexity index is 1480. The summed E-state index contributed by atoms with van der Waals surface area (Å²) in [7, 11) is -2.60. The van der Waals surface area contributed by atoms with Gasteiger partial charge in [-0.15, -0.1) is 0 Å². The topological polar surface area (TPSA) is 127 Å². The first-order valence-electron chi connectivity index (χ1n) is 10.5. The van der Waals surface area contributed by atoms with Crippen LogP contribution in [-0.2, 0) is 23.0 Å². The van der Waals surface area contributed by atoms with Crippen LogP contribution in [0.25, 0.3) is 22.4 Å². The number of rotatable bonds is 8. The lowest BCUT2D eigenvalue weighted by Gasteiger charge is -2.12. The fraction of sp³-hybridized carbons (Fsp3) is 0.120. The van der Waals surface area contributed by atoms with Crippen LogP contribution in [0, 0.1) is 5.82 Å². The Morgan fingerprint density at radius 1 is 1.06 bits per heavy atom. The third-order valence-electron chi connectivity index (χ3n) is 5.50. The van der Waals surface area contributed by atoms with Crippen molar-refractivity contribution in [1.82, 2.24) is 9.78 Å². The Hall–Kier alpha value is -4.02. The highest BCUT2D eigenvalue weighted by Gasteiger charge is 2.23. The monoisotopic (exact) mass is 494 g/mol. The molecule has 0 saturated carbocycles. The van der Waals surface area contributed by atoms with Crippen LogP contribution >= 0.6 is 0 Å². The zero-order valence-corrected chi connectivity index (χ0v) is 19.5. The zero-order chi connectivity index (χ0) is 25.2. The molecule has 8 nitrogen and oxygen atoms in total. The van der Waals surface area contributed by atoms with Gasteiger partial charge in [-0.1, -0.05) is 48.5 Å². The molecule has 0 aliphatic carbocycles. The molecule has 0 aliphatic heterocycles. The number of hydrogen-bond acceptors (Lipinski definition) is 6. The number of carbonyl (C=O) groups is 1. The van der Waals surface area contributed by atoms with Gasteiger partial charge in [-0.05, 0) is 41.8 Å². The van der Waals surface area contributed by atoms with E-state index in [0.717, 1.165) is 11.6 Å². The molecule has 0 bridgehead atoms. The number of aryl methyl sites for hydroxylation is 2. The van der Waals surface area contributed by atoms with Crippen molar-refractivity contribution in [2.75, 3.05) is 7.11 Å². The molecule has 3 aromatic carbocycles. The van der Waals surface area contributed by atoms with Crippen LogP contribution < -0.4 is 15.0 Å². The first-order valence-corrected chi connectivity index (χ1v) is 12.1. The number of ether oxygens (including phenoxy) is 1.